The molecule has 118 valence electrons. The molecular weight excluding hydrogens is 246 g/mol. The standard InChI is InChI=1S/C17H35N3/c1-3-11-19-12-6-9-17(15-18,10-13-19)20(4-2)14-16-7-5-8-16/h16H,3-15,18H2,1-2H3. The first kappa shape index (κ1) is 16.3. The molecule has 0 spiro atoms. The smallest absolute Gasteiger partial charge is 0.0344 e. The summed E-state index contributed by atoms with van der Waals surface area (Å²) in [5, 5.41) is 0. The molecule has 20 heavy (non-hydrogen) atoms. The second kappa shape index (κ2) is 7.77. The maximum atomic E-state index is 6.28. The van der Waals surface area contributed by atoms with Crippen LogP contribution in [0, 0.1) is 5.92 Å². The predicted molar refractivity (Wildman–Crippen MR) is 87.0 cm³/mol. The van der Waals surface area contributed by atoms with Gasteiger partial charge in [-0.2, -0.15) is 0 Å². The summed E-state index contributed by atoms with van der Waals surface area (Å²) in [6.07, 6.45) is 9.49. The summed E-state index contributed by atoms with van der Waals surface area (Å²) in [4.78, 5) is 5.39. The number of hydrogen-bond acceptors (Lipinski definition) is 3. The summed E-state index contributed by atoms with van der Waals surface area (Å²) >= 11 is 0. The molecule has 2 N–H and O–H groups in total. The van der Waals surface area contributed by atoms with Crippen molar-refractivity contribution < 1.29 is 0 Å². The topological polar surface area (TPSA) is 32.5 Å². The Kier molecular flexibility index (Phi) is 6.31. The van der Waals surface area contributed by atoms with Crippen molar-refractivity contribution in [3.8, 4) is 0 Å². The molecule has 3 heteroatoms. The number of nitrogens with zero attached hydrogens (tertiary/aromatic N) is 2. The van der Waals surface area contributed by atoms with Gasteiger partial charge in [-0.15, -0.1) is 0 Å². The van der Waals surface area contributed by atoms with Gasteiger partial charge in [-0.1, -0.05) is 20.3 Å². The second-order valence-corrected chi connectivity index (χ2v) is 6.96. The van der Waals surface area contributed by atoms with Crippen molar-refractivity contribution in [1.29, 1.82) is 0 Å². The lowest BCUT2D eigenvalue weighted by molar-refractivity contribution is 0.0511. The van der Waals surface area contributed by atoms with Crippen LogP contribution in [0.5, 0.6) is 0 Å². The lowest BCUT2D eigenvalue weighted by atomic mass is 9.82. The van der Waals surface area contributed by atoms with Gasteiger partial charge in [-0.3, -0.25) is 4.90 Å². The molecule has 0 aromatic heterocycles. The van der Waals surface area contributed by atoms with Gasteiger partial charge in [0.05, 0.1) is 0 Å². The highest BCUT2D eigenvalue weighted by Gasteiger charge is 2.37. The van der Waals surface area contributed by atoms with Crippen molar-refractivity contribution >= 4 is 0 Å². The van der Waals surface area contributed by atoms with Crippen molar-refractivity contribution in [2.75, 3.05) is 39.3 Å². The molecule has 0 aromatic carbocycles. The number of rotatable bonds is 7. The van der Waals surface area contributed by atoms with E-state index in [4.69, 9.17) is 5.73 Å². The summed E-state index contributed by atoms with van der Waals surface area (Å²) in [7, 11) is 0. The molecular formula is C17H35N3. The van der Waals surface area contributed by atoms with Crippen LogP contribution in [0.3, 0.4) is 0 Å². The van der Waals surface area contributed by atoms with E-state index in [9.17, 15) is 0 Å². The van der Waals surface area contributed by atoms with Crippen molar-refractivity contribution in [1.82, 2.24) is 9.80 Å². The van der Waals surface area contributed by atoms with Crippen molar-refractivity contribution in [3.05, 3.63) is 0 Å². The Morgan fingerprint density at radius 2 is 1.95 bits per heavy atom. The van der Waals surface area contributed by atoms with Gasteiger partial charge in [0.2, 0.25) is 0 Å². The molecule has 1 saturated heterocycles. The molecule has 2 aliphatic rings. The third-order valence-corrected chi connectivity index (χ3v) is 5.69. The van der Waals surface area contributed by atoms with Gasteiger partial charge in [-0.25, -0.2) is 0 Å². The van der Waals surface area contributed by atoms with Gasteiger partial charge in [0.15, 0.2) is 0 Å². The van der Waals surface area contributed by atoms with Crippen LogP contribution < -0.4 is 5.73 Å². The Hall–Kier alpha value is -0.120. The second-order valence-electron chi connectivity index (χ2n) is 6.96. The Morgan fingerprint density at radius 3 is 2.50 bits per heavy atom. The summed E-state index contributed by atoms with van der Waals surface area (Å²) in [5.41, 5.74) is 6.56. The zero-order valence-electron chi connectivity index (χ0n) is 13.7. The number of nitrogens with two attached hydrogens (primary N) is 1. The van der Waals surface area contributed by atoms with Gasteiger partial charge in [0.25, 0.3) is 0 Å². The predicted octanol–water partition coefficient (Wildman–Crippen LogP) is 2.70. The third-order valence-electron chi connectivity index (χ3n) is 5.69. The first-order valence-corrected chi connectivity index (χ1v) is 8.91. The highest BCUT2D eigenvalue weighted by molar-refractivity contribution is 4.95. The Bertz CT molecular complexity index is 277. The van der Waals surface area contributed by atoms with Gasteiger partial charge < -0.3 is 10.6 Å². The molecule has 2 rings (SSSR count). The fourth-order valence-corrected chi connectivity index (χ4v) is 4.07. The highest BCUT2D eigenvalue weighted by atomic mass is 15.2. The molecule has 0 radical (unpaired) electrons. The average Bonchev–Trinajstić information content (AvgIpc) is 2.62. The van der Waals surface area contributed by atoms with E-state index in [1.54, 1.807) is 0 Å². The normalized spacial score (nSPS) is 29.4. The summed E-state index contributed by atoms with van der Waals surface area (Å²) in [6, 6.07) is 0. The highest BCUT2D eigenvalue weighted by Crippen LogP contribution is 2.33. The summed E-state index contributed by atoms with van der Waals surface area (Å²) in [5.74, 6) is 0.952. The Morgan fingerprint density at radius 1 is 1.15 bits per heavy atom. The van der Waals surface area contributed by atoms with E-state index in [1.165, 1.54) is 77.7 Å². The maximum absolute atomic E-state index is 6.28. The quantitative estimate of drug-likeness (QED) is 0.779. The van der Waals surface area contributed by atoms with E-state index < -0.39 is 0 Å². The van der Waals surface area contributed by atoms with Crippen LogP contribution in [-0.4, -0.2) is 54.6 Å². The number of likely N-dealkylation sites (N-methyl/N-ethyl adjacent to an activating group) is 1. The first-order valence-electron chi connectivity index (χ1n) is 8.91. The van der Waals surface area contributed by atoms with Crippen LogP contribution in [-0.2, 0) is 0 Å². The number of likely N-dealkylation sites (tertiary alicyclic amines) is 1. The minimum atomic E-state index is 0.285. The van der Waals surface area contributed by atoms with Crippen LogP contribution in [0.15, 0.2) is 0 Å². The zero-order chi connectivity index (χ0) is 14.4. The van der Waals surface area contributed by atoms with E-state index in [1.807, 2.05) is 0 Å². The van der Waals surface area contributed by atoms with Gasteiger partial charge in [0, 0.05) is 18.6 Å². The molecule has 0 bridgehead atoms. The molecule has 1 atom stereocenters. The minimum absolute atomic E-state index is 0.285. The molecule has 1 unspecified atom stereocenters. The molecule has 1 aliphatic heterocycles. The fraction of sp³-hybridized carbons (Fsp3) is 1.00. The third kappa shape index (κ3) is 3.75. The van der Waals surface area contributed by atoms with Crippen LogP contribution in [0.4, 0.5) is 0 Å². The SMILES string of the molecule is CCCN1CCCC(CN)(N(CC)CC2CCC2)CC1. The van der Waals surface area contributed by atoms with Gasteiger partial charge in [0.1, 0.15) is 0 Å². The molecule has 1 saturated carbocycles. The fourth-order valence-electron chi connectivity index (χ4n) is 4.07. The van der Waals surface area contributed by atoms with E-state index in [-0.39, 0.29) is 5.54 Å². The molecule has 0 amide bonds. The summed E-state index contributed by atoms with van der Waals surface area (Å²) < 4.78 is 0. The van der Waals surface area contributed by atoms with E-state index in [0.29, 0.717) is 0 Å². The van der Waals surface area contributed by atoms with E-state index >= 15 is 0 Å². The minimum Gasteiger partial charge on any atom is -0.329 e. The van der Waals surface area contributed by atoms with Crippen molar-refractivity contribution in [2.24, 2.45) is 11.7 Å². The van der Waals surface area contributed by atoms with Crippen molar-refractivity contribution in [2.45, 2.75) is 64.3 Å². The van der Waals surface area contributed by atoms with Gasteiger partial charge >= 0.3 is 0 Å². The van der Waals surface area contributed by atoms with Gasteiger partial charge in [-0.05, 0) is 70.6 Å². The lowest BCUT2D eigenvalue weighted by Crippen LogP contribution is -2.56. The molecule has 1 heterocycles. The molecule has 2 fully saturated rings. The van der Waals surface area contributed by atoms with Crippen molar-refractivity contribution in [3.63, 3.8) is 0 Å². The summed E-state index contributed by atoms with van der Waals surface area (Å²) in [6.45, 7) is 11.7. The zero-order valence-corrected chi connectivity index (χ0v) is 13.7. The van der Waals surface area contributed by atoms with Crippen LogP contribution >= 0.6 is 0 Å². The number of hydrogen-bond donors (Lipinski definition) is 1. The Labute approximate surface area is 125 Å². The molecule has 1 aliphatic carbocycles. The molecule has 0 aromatic rings. The average molecular weight is 281 g/mol. The van der Waals surface area contributed by atoms with E-state index in [2.05, 4.69) is 23.6 Å². The lowest BCUT2D eigenvalue weighted by Gasteiger charge is -2.45. The van der Waals surface area contributed by atoms with Crippen LogP contribution in [0.1, 0.15) is 58.8 Å². The van der Waals surface area contributed by atoms with Crippen LogP contribution in [0.25, 0.3) is 0 Å². The van der Waals surface area contributed by atoms with Crippen LogP contribution in [0.2, 0.25) is 0 Å². The molecule has 3 nitrogen and oxygen atoms in total. The largest absolute Gasteiger partial charge is 0.329 e. The maximum Gasteiger partial charge on any atom is 0.0344 e. The van der Waals surface area contributed by atoms with E-state index in [0.717, 1.165) is 12.5 Å². The monoisotopic (exact) mass is 281 g/mol. The Balaban J connectivity index is 1.98. The first-order chi connectivity index (χ1) is 9.74.